The largest absolute Gasteiger partial charge is 0.419 e. The normalized spacial score (nSPS) is 29.9. The Morgan fingerprint density at radius 3 is 2.33 bits per heavy atom. The van der Waals surface area contributed by atoms with Crippen LogP contribution >= 0.6 is 0 Å². The van der Waals surface area contributed by atoms with Crippen LogP contribution in [0.1, 0.15) is 24.0 Å². The molecule has 1 saturated carbocycles. The lowest BCUT2D eigenvalue weighted by atomic mass is 10.0. The Bertz CT molecular complexity index is 517. The van der Waals surface area contributed by atoms with E-state index in [-0.39, 0.29) is 6.10 Å². The predicted molar refractivity (Wildman–Crippen MR) is 68.9 cm³/mol. The van der Waals surface area contributed by atoms with Gasteiger partial charge >= 0.3 is 6.18 Å². The second kappa shape index (κ2) is 5.25. The highest BCUT2D eigenvalue weighted by Crippen LogP contribution is 2.39. The van der Waals surface area contributed by atoms with Gasteiger partial charge < -0.3 is 5.11 Å². The fourth-order valence-electron chi connectivity index (χ4n) is 3.64. The zero-order valence-electron chi connectivity index (χ0n) is 11.4. The minimum absolute atomic E-state index is 0.232. The van der Waals surface area contributed by atoms with Crippen molar-refractivity contribution < 1.29 is 22.7 Å². The number of fused-ring (bicyclic) bond motifs is 1. The average Bonchev–Trinajstić information content (AvgIpc) is 2.86. The Hall–Kier alpha value is -1.14. The summed E-state index contributed by atoms with van der Waals surface area (Å²) in [7, 11) is 0. The molecule has 2 aliphatic rings. The summed E-state index contributed by atoms with van der Waals surface area (Å²) in [5, 5.41) is 9.58. The summed E-state index contributed by atoms with van der Waals surface area (Å²) in [6, 6.07) is 3.20. The number of benzene rings is 1. The second-order valence-corrected chi connectivity index (χ2v) is 6.15. The molecule has 1 heterocycles. The molecular formula is C15H17F4NO. The average molecular weight is 303 g/mol. The number of aliphatic hydroxyl groups excluding tert-OH is 1. The van der Waals surface area contributed by atoms with Gasteiger partial charge in [0.15, 0.2) is 0 Å². The number of halogens is 4. The van der Waals surface area contributed by atoms with Crippen molar-refractivity contribution in [1.29, 1.82) is 0 Å². The maximum atomic E-state index is 13.2. The van der Waals surface area contributed by atoms with E-state index in [2.05, 4.69) is 4.90 Å². The molecule has 1 aromatic carbocycles. The zero-order valence-corrected chi connectivity index (χ0v) is 11.4. The van der Waals surface area contributed by atoms with Crippen LogP contribution in [0.15, 0.2) is 18.2 Å². The molecule has 1 aromatic rings. The van der Waals surface area contributed by atoms with Crippen molar-refractivity contribution in [3.05, 3.63) is 35.1 Å². The van der Waals surface area contributed by atoms with Crippen LogP contribution in [0, 0.1) is 17.7 Å². The van der Waals surface area contributed by atoms with E-state index in [9.17, 15) is 22.7 Å². The van der Waals surface area contributed by atoms with E-state index in [1.165, 1.54) is 6.07 Å². The molecule has 6 heteroatoms. The van der Waals surface area contributed by atoms with Gasteiger partial charge in [-0.3, -0.25) is 4.90 Å². The van der Waals surface area contributed by atoms with Crippen LogP contribution in [0.5, 0.6) is 0 Å². The first kappa shape index (κ1) is 14.8. The van der Waals surface area contributed by atoms with Crippen LogP contribution in [0.2, 0.25) is 0 Å². The third-order valence-electron chi connectivity index (χ3n) is 4.54. The first-order valence-electron chi connectivity index (χ1n) is 7.09. The monoisotopic (exact) mass is 303 g/mol. The molecule has 0 radical (unpaired) electrons. The Morgan fingerprint density at radius 2 is 1.76 bits per heavy atom. The highest BCUT2D eigenvalue weighted by atomic mass is 19.4. The second-order valence-electron chi connectivity index (χ2n) is 6.15. The molecule has 116 valence electrons. The molecule has 2 fully saturated rings. The van der Waals surface area contributed by atoms with E-state index >= 15 is 0 Å². The number of hydrogen-bond donors (Lipinski definition) is 1. The molecular weight excluding hydrogens is 286 g/mol. The number of aliphatic hydroxyl groups is 1. The van der Waals surface area contributed by atoms with Gasteiger partial charge in [0.05, 0.1) is 11.7 Å². The lowest BCUT2D eigenvalue weighted by Gasteiger charge is -2.18. The van der Waals surface area contributed by atoms with Crippen molar-refractivity contribution in [2.75, 3.05) is 13.1 Å². The van der Waals surface area contributed by atoms with Gasteiger partial charge in [-0.25, -0.2) is 4.39 Å². The van der Waals surface area contributed by atoms with Gasteiger partial charge in [0.2, 0.25) is 0 Å². The highest BCUT2D eigenvalue weighted by molar-refractivity contribution is 5.27. The Kier molecular flexibility index (Phi) is 3.69. The summed E-state index contributed by atoms with van der Waals surface area (Å²) in [5.41, 5.74) is -0.723. The predicted octanol–water partition coefficient (Wildman–Crippen LogP) is 3.05. The van der Waals surface area contributed by atoms with Crippen LogP contribution in [-0.4, -0.2) is 29.2 Å². The molecule has 1 unspecified atom stereocenters. The zero-order chi connectivity index (χ0) is 15.2. The third-order valence-corrected chi connectivity index (χ3v) is 4.54. The number of likely N-dealkylation sites (tertiary alicyclic amines) is 1. The third kappa shape index (κ3) is 3.06. The topological polar surface area (TPSA) is 23.5 Å². The first-order valence-corrected chi connectivity index (χ1v) is 7.09. The summed E-state index contributed by atoms with van der Waals surface area (Å²) >= 11 is 0. The van der Waals surface area contributed by atoms with E-state index in [1.807, 2.05) is 0 Å². The quantitative estimate of drug-likeness (QED) is 0.849. The summed E-state index contributed by atoms with van der Waals surface area (Å²) in [6.45, 7) is 1.98. The molecule has 1 aliphatic carbocycles. The summed E-state index contributed by atoms with van der Waals surface area (Å²) in [4.78, 5) is 2.09. The van der Waals surface area contributed by atoms with Crippen LogP contribution in [-0.2, 0) is 12.7 Å². The summed E-state index contributed by atoms with van der Waals surface area (Å²) in [6.07, 6.45) is -3.34. The van der Waals surface area contributed by atoms with E-state index < -0.39 is 17.6 Å². The van der Waals surface area contributed by atoms with Gasteiger partial charge in [0.1, 0.15) is 5.82 Å². The molecule has 0 spiro atoms. The van der Waals surface area contributed by atoms with Crippen molar-refractivity contribution in [2.24, 2.45) is 11.8 Å². The van der Waals surface area contributed by atoms with Crippen LogP contribution in [0.25, 0.3) is 0 Å². The molecule has 0 aromatic heterocycles. The SMILES string of the molecule is OC1C[C@@H]2CN(Cc3ccc(F)c(C(F)(F)F)c3)C[C@@H]2C1. The van der Waals surface area contributed by atoms with Crippen molar-refractivity contribution >= 4 is 0 Å². The molecule has 0 bridgehead atoms. The molecule has 3 rings (SSSR count). The van der Waals surface area contributed by atoms with Gasteiger partial charge in [0, 0.05) is 19.6 Å². The van der Waals surface area contributed by atoms with Crippen LogP contribution in [0.3, 0.4) is 0 Å². The molecule has 1 saturated heterocycles. The van der Waals surface area contributed by atoms with E-state index in [4.69, 9.17) is 0 Å². The standard InChI is InChI=1S/C15H17F4NO/c16-14-2-1-9(3-13(14)15(17,18)19)6-20-7-10-4-12(21)5-11(10)8-20/h1-3,10-12,21H,4-8H2/t10-,11+,12?. The van der Waals surface area contributed by atoms with Crippen LogP contribution in [0.4, 0.5) is 17.6 Å². The molecule has 0 amide bonds. The Labute approximate surface area is 120 Å². The summed E-state index contributed by atoms with van der Waals surface area (Å²) < 4.78 is 51.3. The van der Waals surface area contributed by atoms with Crippen LogP contribution < -0.4 is 0 Å². The molecule has 3 atom stereocenters. The van der Waals surface area contributed by atoms with Gasteiger partial charge in [-0.2, -0.15) is 13.2 Å². The summed E-state index contributed by atoms with van der Waals surface area (Å²) in [5.74, 6) is -0.363. The lowest BCUT2D eigenvalue weighted by Crippen LogP contribution is -2.23. The number of rotatable bonds is 2. The fourth-order valence-corrected chi connectivity index (χ4v) is 3.64. The van der Waals surface area contributed by atoms with Gasteiger partial charge in [-0.15, -0.1) is 0 Å². The van der Waals surface area contributed by atoms with Crippen molar-refractivity contribution in [3.63, 3.8) is 0 Å². The maximum absolute atomic E-state index is 13.2. The maximum Gasteiger partial charge on any atom is 0.419 e. The van der Waals surface area contributed by atoms with Gasteiger partial charge in [-0.05, 0) is 42.4 Å². The molecule has 1 aliphatic heterocycles. The molecule has 2 nitrogen and oxygen atoms in total. The smallest absolute Gasteiger partial charge is 0.393 e. The fraction of sp³-hybridized carbons (Fsp3) is 0.600. The van der Waals surface area contributed by atoms with Crippen molar-refractivity contribution in [1.82, 2.24) is 4.90 Å². The minimum atomic E-state index is -4.66. The lowest BCUT2D eigenvalue weighted by molar-refractivity contribution is -0.140. The molecule has 1 N–H and O–H groups in total. The number of nitrogens with zero attached hydrogens (tertiary/aromatic N) is 1. The van der Waals surface area contributed by atoms with E-state index in [0.717, 1.165) is 38.1 Å². The van der Waals surface area contributed by atoms with Crippen molar-refractivity contribution in [3.8, 4) is 0 Å². The number of alkyl halides is 3. The van der Waals surface area contributed by atoms with Gasteiger partial charge in [-0.1, -0.05) is 6.07 Å². The van der Waals surface area contributed by atoms with E-state index in [0.29, 0.717) is 23.9 Å². The minimum Gasteiger partial charge on any atom is -0.393 e. The van der Waals surface area contributed by atoms with Gasteiger partial charge in [0.25, 0.3) is 0 Å². The Morgan fingerprint density at radius 1 is 1.14 bits per heavy atom. The van der Waals surface area contributed by atoms with Crippen molar-refractivity contribution in [2.45, 2.75) is 31.7 Å². The number of hydrogen-bond acceptors (Lipinski definition) is 2. The Balaban J connectivity index is 1.69. The highest BCUT2D eigenvalue weighted by Gasteiger charge is 2.40. The first-order chi connectivity index (χ1) is 9.83. The molecule has 21 heavy (non-hydrogen) atoms. The van der Waals surface area contributed by atoms with E-state index in [1.54, 1.807) is 0 Å².